The quantitative estimate of drug-likeness (QED) is 0.554. The van der Waals surface area contributed by atoms with Crippen LogP contribution in [0.4, 0.5) is 13.2 Å². The summed E-state index contributed by atoms with van der Waals surface area (Å²) < 4.78 is 52.0. The lowest BCUT2D eigenvalue weighted by atomic mass is 9.80. The molecule has 0 aliphatic heterocycles. The number of esters is 1. The Morgan fingerprint density at radius 3 is 2.36 bits per heavy atom. The molecule has 2 aromatic rings. The molecule has 0 unspecified atom stereocenters. The minimum absolute atomic E-state index is 0.00581. The van der Waals surface area contributed by atoms with Gasteiger partial charge in [-0.2, -0.15) is 18.2 Å². The number of hydrogen-bond acceptors (Lipinski definition) is 5. The fourth-order valence-electron chi connectivity index (χ4n) is 3.60. The fraction of sp³-hybridized carbons (Fsp3) is 0.522. The Hall–Kier alpha value is -2.62. The summed E-state index contributed by atoms with van der Waals surface area (Å²) in [5, 5.41) is 0. The molecule has 0 N–H and O–H groups in total. The minimum atomic E-state index is -4.61. The van der Waals surface area contributed by atoms with Crippen molar-refractivity contribution < 1.29 is 32.2 Å². The van der Waals surface area contributed by atoms with Gasteiger partial charge in [0.25, 0.3) is 5.91 Å². The molecule has 0 atom stereocenters. The van der Waals surface area contributed by atoms with E-state index >= 15 is 0 Å². The third-order valence-corrected chi connectivity index (χ3v) is 6.94. The second kappa shape index (κ2) is 8.96. The van der Waals surface area contributed by atoms with Crippen LogP contribution < -0.4 is 9.54 Å². The smallest absolute Gasteiger partial charge is 0.416 e. The van der Waals surface area contributed by atoms with E-state index in [1.807, 2.05) is 27.0 Å². The highest BCUT2D eigenvalue weighted by molar-refractivity contribution is 7.09. The molecule has 1 aromatic carbocycles. The summed E-state index contributed by atoms with van der Waals surface area (Å²) >= 11 is 1.28. The van der Waals surface area contributed by atoms with Gasteiger partial charge in [0.15, 0.2) is 4.80 Å². The van der Waals surface area contributed by atoms with Crippen LogP contribution in [-0.2, 0) is 27.7 Å². The summed E-state index contributed by atoms with van der Waals surface area (Å²) in [5.74, 6) is -1.22. The third-order valence-electron chi connectivity index (χ3n) is 5.50. The highest BCUT2D eigenvalue weighted by Gasteiger charge is 2.41. The van der Waals surface area contributed by atoms with Crippen LogP contribution in [0.5, 0.6) is 5.75 Å². The van der Waals surface area contributed by atoms with Gasteiger partial charge in [0, 0.05) is 18.0 Å². The number of halogens is 3. The fourth-order valence-corrected chi connectivity index (χ4v) is 4.65. The maximum Gasteiger partial charge on any atom is 0.416 e. The van der Waals surface area contributed by atoms with E-state index in [-0.39, 0.29) is 22.7 Å². The summed E-state index contributed by atoms with van der Waals surface area (Å²) in [7, 11) is 1.28. The van der Waals surface area contributed by atoms with Gasteiger partial charge in [0.2, 0.25) is 0 Å². The molecule has 0 spiro atoms. The summed E-state index contributed by atoms with van der Waals surface area (Å²) in [6.45, 7) is 7.69. The van der Waals surface area contributed by atoms with Gasteiger partial charge < -0.3 is 14.0 Å². The SMILES string of the molecule is COc1ccc(C(F)(F)F)cc1C(=O)N=c1sc(C(C)(C)C)cn1CC1(OC(C)=O)CCC1. The number of rotatable bonds is 5. The molecule has 1 aromatic heterocycles. The molecular weight excluding hydrogens is 457 g/mol. The number of ether oxygens (including phenoxy) is 2. The topological polar surface area (TPSA) is 69.9 Å². The molecule has 1 heterocycles. The Morgan fingerprint density at radius 1 is 1.21 bits per heavy atom. The summed E-state index contributed by atoms with van der Waals surface area (Å²) in [4.78, 5) is 30.1. The van der Waals surface area contributed by atoms with Crippen molar-refractivity contribution in [2.24, 2.45) is 4.99 Å². The van der Waals surface area contributed by atoms with E-state index in [2.05, 4.69) is 4.99 Å². The molecule has 0 radical (unpaired) electrons. The molecule has 33 heavy (non-hydrogen) atoms. The number of benzene rings is 1. The van der Waals surface area contributed by atoms with E-state index in [1.54, 1.807) is 4.57 Å². The minimum Gasteiger partial charge on any atom is -0.496 e. The van der Waals surface area contributed by atoms with Gasteiger partial charge in [-0.3, -0.25) is 9.59 Å². The number of hydrogen-bond donors (Lipinski definition) is 0. The van der Waals surface area contributed by atoms with Crippen molar-refractivity contribution in [2.45, 2.75) is 70.7 Å². The molecule has 180 valence electrons. The maximum atomic E-state index is 13.2. The Kier molecular flexibility index (Phi) is 6.79. The van der Waals surface area contributed by atoms with Gasteiger partial charge in [0.05, 0.1) is 24.8 Å². The van der Waals surface area contributed by atoms with Crippen LogP contribution in [0.15, 0.2) is 29.4 Å². The average molecular weight is 485 g/mol. The summed E-state index contributed by atoms with van der Waals surface area (Å²) in [6, 6.07) is 2.72. The van der Waals surface area contributed by atoms with Gasteiger partial charge in [-0.1, -0.05) is 20.8 Å². The van der Waals surface area contributed by atoms with E-state index < -0.39 is 23.2 Å². The van der Waals surface area contributed by atoms with Crippen molar-refractivity contribution in [1.82, 2.24) is 4.57 Å². The molecule has 10 heteroatoms. The van der Waals surface area contributed by atoms with Gasteiger partial charge >= 0.3 is 12.1 Å². The first-order chi connectivity index (χ1) is 15.2. The lowest BCUT2D eigenvalue weighted by Crippen LogP contribution is -2.46. The van der Waals surface area contributed by atoms with Gasteiger partial charge in [-0.15, -0.1) is 11.3 Å². The van der Waals surface area contributed by atoms with Gasteiger partial charge in [0.1, 0.15) is 11.4 Å². The number of methoxy groups -OCH3 is 1. The Morgan fingerprint density at radius 2 is 1.88 bits per heavy atom. The Bertz CT molecular complexity index is 1120. The van der Waals surface area contributed by atoms with E-state index in [0.717, 1.165) is 29.5 Å². The van der Waals surface area contributed by atoms with Crippen LogP contribution in [-0.4, -0.2) is 29.2 Å². The second-order valence-corrected chi connectivity index (χ2v) is 10.2. The Balaban J connectivity index is 2.08. The molecule has 3 rings (SSSR count). The van der Waals surface area contributed by atoms with Crippen molar-refractivity contribution in [2.75, 3.05) is 7.11 Å². The van der Waals surface area contributed by atoms with Crippen LogP contribution in [0.25, 0.3) is 0 Å². The number of nitrogens with zero attached hydrogens (tertiary/aromatic N) is 2. The number of thiazole rings is 1. The first-order valence-corrected chi connectivity index (χ1v) is 11.3. The molecule has 1 fully saturated rings. The monoisotopic (exact) mass is 484 g/mol. The zero-order chi connectivity index (χ0) is 24.6. The Labute approximate surface area is 194 Å². The zero-order valence-corrected chi connectivity index (χ0v) is 20.0. The largest absolute Gasteiger partial charge is 0.496 e. The van der Waals surface area contributed by atoms with Crippen molar-refractivity contribution in [1.29, 1.82) is 0 Å². The molecule has 6 nitrogen and oxygen atoms in total. The van der Waals surface area contributed by atoms with E-state index in [0.29, 0.717) is 24.2 Å². The first kappa shape index (κ1) is 25.0. The molecule has 1 aliphatic carbocycles. The molecule has 1 saturated carbocycles. The number of alkyl halides is 3. The van der Waals surface area contributed by atoms with E-state index in [1.165, 1.54) is 25.4 Å². The molecule has 1 aliphatic rings. The highest BCUT2D eigenvalue weighted by Crippen LogP contribution is 2.38. The predicted molar refractivity (Wildman–Crippen MR) is 117 cm³/mol. The number of carbonyl (C=O) groups excluding carboxylic acids is 2. The second-order valence-electron chi connectivity index (χ2n) is 9.22. The number of aromatic nitrogens is 1. The van der Waals surface area contributed by atoms with E-state index in [9.17, 15) is 22.8 Å². The lowest BCUT2D eigenvalue weighted by molar-refractivity contribution is -0.169. The van der Waals surface area contributed by atoms with Crippen LogP contribution in [0.2, 0.25) is 0 Å². The normalized spacial score (nSPS) is 16.3. The predicted octanol–water partition coefficient (Wildman–Crippen LogP) is 5.10. The molecular formula is C23H27F3N2O4S. The highest BCUT2D eigenvalue weighted by atomic mass is 32.1. The number of amides is 1. The zero-order valence-electron chi connectivity index (χ0n) is 19.2. The van der Waals surface area contributed by atoms with Crippen LogP contribution in [0.1, 0.15) is 67.8 Å². The van der Waals surface area contributed by atoms with Crippen molar-refractivity contribution in [3.8, 4) is 5.75 Å². The number of carbonyl (C=O) groups is 2. The average Bonchev–Trinajstić information content (AvgIpc) is 3.07. The summed E-state index contributed by atoms with van der Waals surface area (Å²) in [6.07, 6.45) is -0.449. The van der Waals surface area contributed by atoms with E-state index in [4.69, 9.17) is 9.47 Å². The van der Waals surface area contributed by atoms with Crippen LogP contribution >= 0.6 is 11.3 Å². The van der Waals surface area contributed by atoms with Crippen LogP contribution in [0.3, 0.4) is 0 Å². The lowest BCUT2D eigenvalue weighted by Gasteiger charge is -2.40. The molecule has 0 saturated heterocycles. The van der Waals surface area contributed by atoms with Gasteiger partial charge in [-0.25, -0.2) is 0 Å². The van der Waals surface area contributed by atoms with Crippen molar-refractivity contribution in [3.63, 3.8) is 0 Å². The van der Waals surface area contributed by atoms with Crippen molar-refractivity contribution in [3.05, 3.63) is 45.2 Å². The summed E-state index contributed by atoms with van der Waals surface area (Å²) in [5.41, 5.74) is -2.15. The molecule has 0 bridgehead atoms. The molecule has 1 amide bonds. The third kappa shape index (κ3) is 5.66. The standard InChI is InChI=1S/C23H27F3N2O4S/c1-14(29)32-22(9-6-10-22)13-28-12-18(21(2,3)4)33-20(28)27-19(30)16-11-15(23(24,25)26)7-8-17(16)31-5/h7-8,11-12H,6,9-10,13H2,1-5H3. The van der Waals surface area contributed by atoms with Crippen molar-refractivity contribution >= 4 is 23.2 Å². The van der Waals surface area contributed by atoms with Gasteiger partial charge in [-0.05, 0) is 42.9 Å². The van der Waals surface area contributed by atoms with Crippen LogP contribution in [0, 0.1) is 0 Å². The maximum absolute atomic E-state index is 13.2. The first-order valence-electron chi connectivity index (χ1n) is 10.5.